The lowest BCUT2D eigenvalue weighted by atomic mass is 10.1. The summed E-state index contributed by atoms with van der Waals surface area (Å²) in [6.07, 6.45) is 0.606. The predicted octanol–water partition coefficient (Wildman–Crippen LogP) is 1.82. The Hall–Kier alpha value is -1.42. The molecule has 0 spiro atoms. The summed E-state index contributed by atoms with van der Waals surface area (Å²) in [6.45, 7) is 3.70. The second-order valence-corrected chi connectivity index (χ2v) is 4.24. The molecule has 0 aliphatic rings. The molecule has 0 bridgehead atoms. The van der Waals surface area contributed by atoms with Crippen LogP contribution in [0.2, 0.25) is 0 Å². The van der Waals surface area contributed by atoms with Gasteiger partial charge in [-0.05, 0) is 38.0 Å². The van der Waals surface area contributed by atoms with Gasteiger partial charge in [-0.25, -0.2) is 4.39 Å². The average molecular weight is 225 g/mol. The van der Waals surface area contributed by atoms with E-state index in [9.17, 15) is 9.18 Å². The van der Waals surface area contributed by atoms with Gasteiger partial charge in [-0.2, -0.15) is 0 Å². The predicted molar refractivity (Wildman–Crippen MR) is 59.8 cm³/mol. The third-order valence-electron chi connectivity index (χ3n) is 2.40. The van der Waals surface area contributed by atoms with E-state index in [1.807, 2.05) is 6.07 Å². The first kappa shape index (κ1) is 12.6. The zero-order valence-corrected chi connectivity index (χ0v) is 9.46. The van der Waals surface area contributed by atoms with Crippen LogP contribution in [0.15, 0.2) is 24.3 Å². The number of halogens is 1. The van der Waals surface area contributed by atoms with Gasteiger partial charge in [0, 0.05) is 6.54 Å². The number of rotatable bonds is 5. The fraction of sp³-hybridized carbons (Fsp3) is 0.417. The van der Waals surface area contributed by atoms with Gasteiger partial charge in [0.05, 0.1) is 0 Å². The molecule has 0 saturated heterocycles. The Morgan fingerprint density at radius 2 is 2.19 bits per heavy atom. The molecular weight excluding hydrogens is 209 g/mol. The van der Waals surface area contributed by atoms with Gasteiger partial charge in [0.2, 0.25) is 0 Å². The molecule has 3 nitrogen and oxygen atoms in total. The maximum atomic E-state index is 12.8. The van der Waals surface area contributed by atoms with Crippen molar-refractivity contribution in [3.05, 3.63) is 35.6 Å². The van der Waals surface area contributed by atoms with Crippen molar-refractivity contribution < 1.29 is 14.3 Å². The number of hydrogen-bond acceptors (Lipinski definition) is 2. The van der Waals surface area contributed by atoms with E-state index >= 15 is 0 Å². The van der Waals surface area contributed by atoms with Gasteiger partial charge in [-0.1, -0.05) is 12.1 Å². The van der Waals surface area contributed by atoms with E-state index in [2.05, 4.69) is 5.32 Å². The summed E-state index contributed by atoms with van der Waals surface area (Å²) < 4.78 is 12.8. The fourth-order valence-electron chi connectivity index (χ4n) is 1.29. The van der Waals surface area contributed by atoms with Crippen molar-refractivity contribution in [3.63, 3.8) is 0 Å². The van der Waals surface area contributed by atoms with E-state index < -0.39 is 11.5 Å². The molecule has 1 aromatic rings. The van der Waals surface area contributed by atoms with Gasteiger partial charge in [-0.15, -0.1) is 0 Å². The minimum atomic E-state index is -0.951. The molecule has 0 fully saturated rings. The summed E-state index contributed by atoms with van der Waals surface area (Å²) in [5.74, 6) is -1.17. The third-order valence-corrected chi connectivity index (χ3v) is 2.40. The van der Waals surface area contributed by atoms with Gasteiger partial charge < -0.3 is 10.4 Å². The van der Waals surface area contributed by atoms with Crippen LogP contribution >= 0.6 is 0 Å². The molecule has 4 heteroatoms. The number of benzene rings is 1. The molecule has 0 saturated carbocycles. The van der Waals surface area contributed by atoms with Gasteiger partial charge in [0.25, 0.3) is 0 Å². The zero-order chi connectivity index (χ0) is 12.2. The summed E-state index contributed by atoms with van der Waals surface area (Å²) in [5, 5.41) is 11.8. The molecule has 0 aliphatic heterocycles. The highest BCUT2D eigenvalue weighted by Gasteiger charge is 2.25. The highest BCUT2D eigenvalue weighted by Crippen LogP contribution is 2.05. The largest absolute Gasteiger partial charge is 0.480 e. The molecule has 0 heterocycles. The maximum absolute atomic E-state index is 12.8. The van der Waals surface area contributed by atoms with Crippen LogP contribution in [0.1, 0.15) is 19.4 Å². The molecule has 0 atom stereocenters. The van der Waals surface area contributed by atoms with E-state index in [0.717, 1.165) is 5.56 Å². The monoisotopic (exact) mass is 225 g/mol. The van der Waals surface area contributed by atoms with Gasteiger partial charge in [-0.3, -0.25) is 4.79 Å². The minimum absolute atomic E-state index is 0.269. The summed E-state index contributed by atoms with van der Waals surface area (Å²) in [5.41, 5.74) is -0.0958. The summed E-state index contributed by atoms with van der Waals surface area (Å²) >= 11 is 0. The molecule has 0 aromatic heterocycles. The van der Waals surface area contributed by atoms with Gasteiger partial charge >= 0.3 is 5.97 Å². The van der Waals surface area contributed by atoms with E-state index in [1.165, 1.54) is 12.1 Å². The highest BCUT2D eigenvalue weighted by atomic mass is 19.1. The second kappa shape index (κ2) is 5.07. The Kier molecular flexibility index (Phi) is 4.01. The first-order valence-corrected chi connectivity index (χ1v) is 5.15. The van der Waals surface area contributed by atoms with Crippen molar-refractivity contribution in [1.82, 2.24) is 5.32 Å². The van der Waals surface area contributed by atoms with Gasteiger partial charge in [0.15, 0.2) is 0 Å². The molecule has 2 N–H and O–H groups in total. The number of carboxylic acid groups (broad SMARTS) is 1. The lowest BCUT2D eigenvalue weighted by Gasteiger charge is -2.20. The van der Waals surface area contributed by atoms with Crippen LogP contribution in [-0.4, -0.2) is 23.2 Å². The lowest BCUT2D eigenvalue weighted by molar-refractivity contribution is -0.143. The van der Waals surface area contributed by atoms with Crippen molar-refractivity contribution in [1.29, 1.82) is 0 Å². The average Bonchev–Trinajstić information content (AvgIpc) is 2.17. The standard InChI is InChI=1S/C12H16FNO2/c1-12(2,11(15)16)14-7-6-9-4-3-5-10(13)8-9/h3-5,8,14H,6-7H2,1-2H3,(H,15,16). The zero-order valence-electron chi connectivity index (χ0n) is 9.46. The van der Waals surface area contributed by atoms with Crippen molar-refractivity contribution in [2.24, 2.45) is 0 Å². The van der Waals surface area contributed by atoms with Crippen molar-refractivity contribution in [2.45, 2.75) is 25.8 Å². The number of aliphatic carboxylic acids is 1. The molecule has 1 aromatic carbocycles. The van der Waals surface area contributed by atoms with Crippen molar-refractivity contribution in [3.8, 4) is 0 Å². The van der Waals surface area contributed by atoms with E-state index in [-0.39, 0.29) is 5.82 Å². The number of carboxylic acids is 1. The van der Waals surface area contributed by atoms with Crippen LogP contribution in [0.4, 0.5) is 4.39 Å². The molecule has 0 aliphatic carbocycles. The second-order valence-electron chi connectivity index (χ2n) is 4.24. The lowest BCUT2D eigenvalue weighted by Crippen LogP contribution is -2.47. The SMILES string of the molecule is CC(C)(NCCc1cccc(F)c1)C(=O)O. The Morgan fingerprint density at radius 3 is 2.75 bits per heavy atom. The summed E-state index contributed by atoms with van der Waals surface area (Å²) in [7, 11) is 0. The van der Waals surface area contributed by atoms with Crippen molar-refractivity contribution in [2.75, 3.05) is 6.54 Å². The van der Waals surface area contributed by atoms with Crippen LogP contribution in [0.25, 0.3) is 0 Å². The Bertz CT molecular complexity index is 377. The third kappa shape index (κ3) is 3.62. The quantitative estimate of drug-likeness (QED) is 0.803. The van der Waals surface area contributed by atoms with Crippen molar-refractivity contribution >= 4 is 5.97 Å². The first-order valence-electron chi connectivity index (χ1n) is 5.15. The summed E-state index contributed by atoms with van der Waals surface area (Å²) in [4.78, 5) is 10.8. The Labute approximate surface area is 94.3 Å². The fourth-order valence-corrected chi connectivity index (χ4v) is 1.29. The smallest absolute Gasteiger partial charge is 0.323 e. The van der Waals surface area contributed by atoms with Crippen LogP contribution in [0.3, 0.4) is 0 Å². The van der Waals surface area contributed by atoms with Crippen LogP contribution in [-0.2, 0) is 11.2 Å². The summed E-state index contributed by atoms with van der Waals surface area (Å²) in [6, 6.07) is 6.30. The molecule has 0 unspecified atom stereocenters. The molecule has 1 rings (SSSR count). The molecule has 0 radical (unpaired) electrons. The van der Waals surface area contributed by atoms with Crippen LogP contribution in [0.5, 0.6) is 0 Å². The topological polar surface area (TPSA) is 49.3 Å². The normalized spacial score (nSPS) is 11.4. The van der Waals surface area contributed by atoms with E-state index in [4.69, 9.17) is 5.11 Å². The molecule has 0 amide bonds. The Morgan fingerprint density at radius 1 is 1.50 bits per heavy atom. The molecular formula is C12H16FNO2. The molecule has 16 heavy (non-hydrogen) atoms. The van der Waals surface area contributed by atoms with E-state index in [0.29, 0.717) is 13.0 Å². The Balaban J connectivity index is 2.45. The van der Waals surface area contributed by atoms with Crippen LogP contribution < -0.4 is 5.32 Å². The number of hydrogen-bond donors (Lipinski definition) is 2. The van der Waals surface area contributed by atoms with Crippen LogP contribution in [0, 0.1) is 5.82 Å². The number of nitrogens with one attached hydrogen (secondary N) is 1. The number of carbonyl (C=O) groups is 1. The maximum Gasteiger partial charge on any atom is 0.323 e. The minimum Gasteiger partial charge on any atom is -0.480 e. The first-order chi connectivity index (χ1) is 7.42. The highest BCUT2D eigenvalue weighted by molar-refractivity contribution is 5.77. The van der Waals surface area contributed by atoms with E-state index in [1.54, 1.807) is 19.9 Å². The molecule has 88 valence electrons. The van der Waals surface area contributed by atoms with Gasteiger partial charge in [0.1, 0.15) is 11.4 Å².